The third-order valence-corrected chi connectivity index (χ3v) is 4.83. The number of hydrogen-bond donors (Lipinski definition) is 1. The van der Waals surface area contributed by atoms with Crippen LogP contribution in [0, 0.1) is 13.8 Å². The van der Waals surface area contributed by atoms with Gasteiger partial charge in [0.15, 0.2) is 0 Å². The zero-order chi connectivity index (χ0) is 15.6. The molecule has 21 heavy (non-hydrogen) atoms. The minimum Gasteiger partial charge on any atom is -0.483 e. The summed E-state index contributed by atoms with van der Waals surface area (Å²) in [6.45, 7) is 11.4. The van der Waals surface area contributed by atoms with Crippen molar-refractivity contribution in [3.63, 3.8) is 0 Å². The van der Waals surface area contributed by atoms with Crippen molar-refractivity contribution in [1.82, 2.24) is 0 Å². The number of thiophene rings is 1. The van der Waals surface area contributed by atoms with Crippen LogP contribution in [0.3, 0.4) is 0 Å². The van der Waals surface area contributed by atoms with Gasteiger partial charge in [0.1, 0.15) is 11.9 Å². The van der Waals surface area contributed by atoms with Crippen LogP contribution in [0.2, 0.25) is 0 Å². The summed E-state index contributed by atoms with van der Waals surface area (Å²) in [6, 6.07) is 8.55. The number of hydrogen-bond acceptors (Lipinski definition) is 3. The molecule has 0 saturated heterocycles. The molecule has 1 atom stereocenters. The first-order chi connectivity index (χ1) is 9.82. The van der Waals surface area contributed by atoms with E-state index in [-0.39, 0.29) is 11.5 Å². The summed E-state index contributed by atoms with van der Waals surface area (Å²) in [7, 11) is 0. The second-order valence-corrected chi connectivity index (χ2v) is 7.49. The Balaban J connectivity index is 2.25. The minimum atomic E-state index is -0.0656. The lowest BCUT2D eigenvalue weighted by Gasteiger charge is -2.23. The van der Waals surface area contributed by atoms with Crippen molar-refractivity contribution in [2.24, 2.45) is 5.73 Å². The highest BCUT2D eigenvalue weighted by Crippen LogP contribution is 2.32. The van der Waals surface area contributed by atoms with Crippen LogP contribution in [0.15, 0.2) is 29.6 Å². The lowest BCUT2D eigenvalue weighted by atomic mass is 9.86. The van der Waals surface area contributed by atoms with E-state index in [1.807, 2.05) is 0 Å². The molecule has 1 aromatic carbocycles. The van der Waals surface area contributed by atoms with E-state index in [2.05, 4.69) is 64.3 Å². The van der Waals surface area contributed by atoms with E-state index >= 15 is 0 Å². The Morgan fingerprint density at radius 2 is 1.86 bits per heavy atom. The molecule has 0 saturated carbocycles. The van der Waals surface area contributed by atoms with Gasteiger partial charge in [-0.3, -0.25) is 0 Å². The lowest BCUT2D eigenvalue weighted by Crippen LogP contribution is -2.19. The summed E-state index contributed by atoms with van der Waals surface area (Å²) in [5, 5.41) is 2.09. The van der Waals surface area contributed by atoms with Crippen LogP contribution >= 0.6 is 11.3 Å². The Morgan fingerprint density at radius 3 is 2.33 bits per heavy atom. The van der Waals surface area contributed by atoms with Crippen molar-refractivity contribution < 1.29 is 4.74 Å². The molecule has 2 nitrogen and oxygen atoms in total. The number of ether oxygens (including phenoxy) is 1. The number of rotatable bonds is 4. The Hall–Kier alpha value is -1.32. The van der Waals surface area contributed by atoms with Gasteiger partial charge in [-0.25, -0.2) is 0 Å². The maximum absolute atomic E-state index is 6.17. The van der Waals surface area contributed by atoms with Crippen LogP contribution in [-0.2, 0) is 5.41 Å². The highest BCUT2D eigenvalue weighted by Gasteiger charge is 2.18. The smallest absolute Gasteiger partial charge is 0.145 e. The van der Waals surface area contributed by atoms with Crippen LogP contribution < -0.4 is 10.5 Å². The first kappa shape index (κ1) is 16.1. The maximum atomic E-state index is 6.17. The summed E-state index contributed by atoms with van der Waals surface area (Å²) in [5.41, 5.74) is 9.80. The summed E-state index contributed by atoms with van der Waals surface area (Å²) in [5.74, 6) is 0.922. The molecule has 1 unspecified atom stereocenters. The summed E-state index contributed by atoms with van der Waals surface area (Å²) < 4.78 is 6.17. The molecule has 0 bridgehead atoms. The Bertz CT molecular complexity index is 610. The largest absolute Gasteiger partial charge is 0.483 e. The molecule has 0 aliphatic heterocycles. The number of aryl methyl sites for hydroxylation is 2. The van der Waals surface area contributed by atoms with Gasteiger partial charge in [0.2, 0.25) is 0 Å². The second kappa shape index (κ2) is 6.20. The summed E-state index contributed by atoms with van der Waals surface area (Å²) in [6.07, 6.45) is -0.0656. The molecule has 114 valence electrons. The van der Waals surface area contributed by atoms with Gasteiger partial charge >= 0.3 is 0 Å². The van der Waals surface area contributed by atoms with Gasteiger partial charge < -0.3 is 10.5 Å². The third-order valence-electron chi connectivity index (χ3n) is 3.72. The van der Waals surface area contributed by atoms with Crippen molar-refractivity contribution in [1.29, 1.82) is 0 Å². The monoisotopic (exact) mass is 303 g/mol. The molecule has 1 heterocycles. The normalized spacial score (nSPS) is 13.2. The van der Waals surface area contributed by atoms with Gasteiger partial charge in [-0.1, -0.05) is 32.9 Å². The van der Waals surface area contributed by atoms with Crippen molar-refractivity contribution >= 4 is 11.3 Å². The molecule has 0 fully saturated rings. The van der Waals surface area contributed by atoms with E-state index in [9.17, 15) is 0 Å². The topological polar surface area (TPSA) is 35.2 Å². The van der Waals surface area contributed by atoms with Crippen LogP contribution in [0.4, 0.5) is 0 Å². The predicted molar refractivity (Wildman–Crippen MR) is 91.4 cm³/mol. The van der Waals surface area contributed by atoms with E-state index in [1.165, 1.54) is 16.0 Å². The second-order valence-electron chi connectivity index (χ2n) is 6.54. The molecule has 1 aromatic heterocycles. The minimum absolute atomic E-state index is 0.0656. The van der Waals surface area contributed by atoms with Crippen molar-refractivity contribution in [3.8, 4) is 5.75 Å². The number of nitrogens with two attached hydrogens (primary N) is 1. The van der Waals surface area contributed by atoms with E-state index in [1.54, 1.807) is 11.3 Å². The zero-order valence-electron chi connectivity index (χ0n) is 13.6. The van der Waals surface area contributed by atoms with Crippen LogP contribution in [0.5, 0.6) is 5.75 Å². The lowest BCUT2D eigenvalue weighted by molar-refractivity contribution is 0.216. The van der Waals surface area contributed by atoms with Crippen LogP contribution in [0.25, 0.3) is 0 Å². The van der Waals surface area contributed by atoms with Crippen LogP contribution in [-0.4, -0.2) is 6.54 Å². The fourth-order valence-corrected chi connectivity index (χ4v) is 3.29. The van der Waals surface area contributed by atoms with E-state index in [4.69, 9.17) is 10.5 Å². The van der Waals surface area contributed by atoms with Gasteiger partial charge in [-0.15, -0.1) is 11.3 Å². The van der Waals surface area contributed by atoms with Gasteiger partial charge in [0.05, 0.1) is 0 Å². The van der Waals surface area contributed by atoms with E-state index in [0.717, 1.165) is 11.3 Å². The Morgan fingerprint density at radius 1 is 1.14 bits per heavy atom. The molecule has 0 radical (unpaired) electrons. The molecule has 2 rings (SSSR count). The first-order valence-corrected chi connectivity index (χ1v) is 8.22. The highest BCUT2D eigenvalue weighted by molar-refractivity contribution is 7.10. The molecular weight excluding hydrogens is 278 g/mol. The molecule has 0 aliphatic carbocycles. The van der Waals surface area contributed by atoms with Gasteiger partial charge in [-0.2, -0.15) is 0 Å². The van der Waals surface area contributed by atoms with Crippen molar-refractivity contribution in [2.75, 3.05) is 6.54 Å². The van der Waals surface area contributed by atoms with Gasteiger partial charge in [-0.05, 0) is 53.5 Å². The molecule has 0 spiro atoms. The third kappa shape index (κ3) is 3.66. The summed E-state index contributed by atoms with van der Waals surface area (Å²) in [4.78, 5) is 1.22. The average Bonchev–Trinajstić information content (AvgIpc) is 2.82. The molecular formula is C18H25NOS. The van der Waals surface area contributed by atoms with E-state index in [0.29, 0.717) is 6.54 Å². The van der Waals surface area contributed by atoms with E-state index < -0.39 is 0 Å². The molecule has 0 aliphatic rings. The zero-order valence-corrected chi connectivity index (χ0v) is 14.4. The maximum Gasteiger partial charge on any atom is 0.145 e. The Labute approximate surface area is 132 Å². The molecule has 2 N–H and O–H groups in total. The molecule has 0 amide bonds. The molecule has 3 heteroatoms. The summed E-state index contributed by atoms with van der Waals surface area (Å²) >= 11 is 1.71. The standard InChI is InChI=1S/C18H25NOS/c1-12-8-9-21-17(12)16(11-19)20-15-7-6-14(10-13(15)2)18(3,4)5/h6-10,16H,11,19H2,1-5H3. The van der Waals surface area contributed by atoms with Gasteiger partial charge in [0.25, 0.3) is 0 Å². The average molecular weight is 303 g/mol. The first-order valence-electron chi connectivity index (χ1n) is 7.34. The quantitative estimate of drug-likeness (QED) is 0.885. The van der Waals surface area contributed by atoms with Crippen LogP contribution in [0.1, 0.15) is 48.4 Å². The highest BCUT2D eigenvalue weighted by atomic mass is 32.1. The SMILES string of the molecule is Cc1cc(C(C)(C)C)ccc1OC(CN)c1sccc1C. The fraction of sp³-hybridized carbons (Fsp3) is 0.444. The number of benzene rings is 1. The van der Waals surface area contributed by atoms with Gasteiger partial charge in [0, 0.05) is 11.4 Å². The predicted octanol–water partition coefficient (Wildman–Crippen LogP) is 4.74. The van der Waals surface area contributed by atoms with Crippen molar-refractivity contribution in [3.05, 3.63) is 51.2 Å². The Kier molecular flexibility index (Phi) is 4.74. The fourth-order valence-electron chi connectivity index (χ4n) is 2.32. The van der Waals surface area contributed by atoms with Crippen molar-refractivity contribution in [2.45, 2.75) is 46.1 Å². The molecule has 2 aromatic rings.